The lowest BCUT2D eigenvalue weighted by atomic mass is 9.99. The summed E-state index contributed by atoms with van der Waals surface area (Å²) in [6.07, 6.45) is 2.12. The van der Waals surface area contributed by atoms with Crippen LogP contribution in [0.1, 0.15) is 22.9 Å². The number of aromatic hydroxyl groups is 1. The number of hydrogen-bond acceptors (Lipinski definition) is 4. The van der Waals surface area contributed by atoms with E-state index in [1.807, 2.05) is 0 Å². The van der Waals surface area contributed by atoms with Crippen molar-refractivity contribution < 1.29 is 14.6 Å². The Hall–Kier alpha value is -2.50. The molecule has 0 fully saturated rings. The monoisotopic (exact) mass is 314 g/mol. The molecule has 0 saturated heterocycles. The lowest BCUT2D eigenvalue weighted by Crippen LogP contribution is -2.22. The van der Waals surface area contributed by atoms with Crippen LogP contribution in [0.4, 0.5) is 4.39 Å². The molecule has 1 atom stereocenters. The Balaban J connectivity index is 2.33. The highest BCUT2D eigenvalue weighted by Gasteiger charge is 2.19. The molecule has 2 rings (SSSR count). The van der Waals surface area contributed by atoms with Crippen LogP contribution in [-0.2, 0) is 0 Å². The molecular weight excluding hydrogens is 295 g/mol. The molecule has 23 heavy (non-hydrogen) atoms. The summed E-state index contributed by atoms with van der Waals surface area (Å²) in [6.45, 7) is 0. The van der Waals surface area contributed by atoms with Crippen molar-refractivity contribution in [2.24, 2.45) is 0 Å². The third-order valence-corrected chi connectivity index (χ3v) is 3.42. The zero-order valence-electron chi connectivity index (χ0n) is 13.0. The van der Waals surface area contributed by atoms with Crippen molar-refractivity contribution in [2.75, 3.05) is 14.1 Å². The van der Waals surface area contributed by atoms with Crippen LogP contribution in [0.25, 0.3) is 6.08 Å². The van der Waals surface area contributed by atoms with Crippen LogP contribution in [0.5, 0.6) is 5.75 Å². The van der Waals surface area contributed by atoms with Crippen LogP contribution < -0.4 is 0 Å². The van der Waals surface area contributed by atoms with Gasteiger partial charge in [-0.05, 0) is 43.9 Å². The third-order valence-electron chi connectivity index (χ3n) is 3.42. The quantitative estimate of drug-likeness (QED) is 0.586. The molecule has 0 amide bonds. The van der Waals surface area contributed by atoms with Crippen molar-refractivity contribution in [3.05, 3.63) is 71.0 Å². The molecule has 0 saturated carbocycles. The fraction of sp³-hybridized carbons (Fsp3) is 0.167. The molecule has 0 bridgehead atoms. The predicted octanol–water partition coefficient (Wildman–Crippen LogP) is 3.17. The van der Waals surface area contributed by atoms with Gasteiger partial charge in [-0.2, -0.15) is 0 Å². The number of phenols is 1. The Kier molecular flexibility index (Phi) is 5.26. The first-order valence-corrected chi connectivity index (χ1v) is 7.09. The van der Waals surface area contributed by atoms with E-state index >= 15 is 0 Å². The minimum atomic E-state index is -0.997. The second-order valence-electron chi connectivity index (χ2n) is 5.38. The molecule has 3 N–H and O–H groups in total. The summed E-state index contributed by atoms with van der Waals surface area (Å²) in [6, 6.07) is 10.8. The molecule has 0 aliphatic heterocycles. The molecule has 0 spiro atoms. The summed E-state index contributed by atoms with van der Waals surface area (Å²) in [5.74, 6) is -0.397. The van der Waals surface area contributed by atoms with Crippen molar-refractivity contribution in [1.29, 1.82) is 5.41 Å². The molecule has 2 aromatic rings. The van der Waals surface area contributed by atoms with Gasteiger partial charge in [0.15, 0.2) is 0 Å². The van der Waals surface area contributed by atoms with E-state index < -0.39 is 12.0 Å². The maximum absolute atomic E-state index is 14.2. The van der Waals surface area contributed by atoms with Gasteiger partial charge in [0.05, 0.1) is 5.71 Å². The van der Waals surface area contributed by atoms with Gasteiger partial charge in [-0.25, -0.2) is 4.39 Å². The standard InChI is InChI=1S/C18H19FN2O2/c1-21(2)18(23)14-4-3-5-15(19)17(14)16(20)11-8-12-6-9-13(22)10-7-12/h3-11,18,20,22-23H,1-2H3/b11-8+,20-16?. The third kappa shape index (κ3) is 4.03. The number of nitrogens with zero attached hydrogens (tertiary/aromatic N) is 1. The Morgan fingerprint density at radius 3 is 2.43 bits per heavy atom. The molecule has 0 heterocycles. The van der Waals surface area contributed by atoms with Gasteiger partial charge >= 0.3 is 0 Å². The minimum Gasteiger partial charge on any atom is -0.508 e. The van der Waals surface area contributed by atoms with E-state index in [4.69, 9.17) is 5.41 Å². The number of aliphatic hydroxyl groups is 1. The smallest absolute Gasteiger partial charge is 0.133 e. The zero-order valence-corrected chi connectivity index (χ0v) is 13.0. The fourth-order valence-electron chi connectivity index (χ4n) is 2.17. The van der Waals surface area contributed by atoms with Gasteiger partial charge in [-0.15, -0.1) is 0 Å². The number of benzene rings is 2. The molecule has 0 aromatic heterocycles. The Bertz CT molecular complexity index is 724. The molecule has 120 valence electrons. The number of halogens is 1. The number of allylic oxidation sites excluding steroid dienone is 1. The van der Waals surface area contributed by atoms with E-state index in [0.29, 0.717) is 5.56 Å². The Morgan fingerprint density at radius 1 is 1.17 bits per heavy atom. The summed E-state index contributed by atoms with van der Waals surface area (Å²) in [7, 11) is 3.35. The molecule has 0 aliphatic carbocycles. The van der Waals surface area contributed by atoms with Crippen LogP contribution >= 0.6 is 0 Å². The summed E-state index contributed by atoms with van der Waals surface area (Å²) in [5, 5.41) is 27.6. The first-order chi connectivity index (χ1) is 10.9. The molecule has 0 radical (unpaired) electrons. The molecule has 2 aromatic carbocycles. The van der Waals surface area contributed by atoms with E-state index in [1.165, 1.54) is 35.2 Å². The number of hydrogen-bond donors (Lipinski definition) is 3. The first kappa shape index (κ1) is 16.9. The van der Waals surface area contributed by atoms with Crippen molar-refractivity contribution in [3.8, 4) is 5.75 Å². The highest BCUT2D eigenvalue weighted by Crippen LogP contribution is 2.23. The molecular formula is C18H19FN2O2. The average Bonchev–Trinajstić information content (AvgIpc) is 2.53. The van der Waals surface area contributed by atoms with Gasteiger partial charge in [0, 0.05) is 11.1 Å². The zero-order chi connectivity index (χ0) is 17.0. The van der Waals surface area contributed by atoms with E-state index in [1.54, 1.807) is 38.4 Å². The normalized spacial score (nSPS) is 12.7. The second kappa shape index (κ2) is 7.17. The lowest BCUT2D eigenvalue weighted by molar-refractivity contribution is 0.0391. The van der Waals surface area contributed by atoms with Crippen LogP contribution in [0.15, 0.2) is 48.5 Å². The highest BCUT2D eigenvalue weighted by molar-refractivity contribution is 6.09. The summed E-state index contributed by atoms with van der Waals surface area (Å²) in [4.78, 5) is 1.54. The maximum atomic E-state index is 14.2. The van der Waals surface area contributed by atoms with Gasteiger partial charge in [-0.1, -0.05) is 30.3 Å². The van der Waals surface area contributed by atoms with Gasteiger partial charge in [0.25, 0.3) is 0 Å². The minimum absolute atomic E-state index is 0.0351. The number of aliphatic hydroxyl groups excluding tert-OH is 1. The second-order valence-corrected chi connectivity index (χ2v) is 5.38. The van der Waals surface area contributed by atoms with E-state index in [-0.39, 0.29) is 17.0 Å². The van der Waals surface area contributed by atoms with Gasteiger partial charge < -0.3 is 15.6 Å². The summed E-state index contributed by atoms with van der Waals surface area (Å²) >= 11 is 0. The number of nitrogens with one attached hydrogen (secondary N) is 1. The Morgan fingerprint density at radius 2 is 1.83 bits per heavy atom. The van der Waals surface area contributed by atoms with Crippen LogP contribution in [0, 0.1) is 11.2 Å². The average molecular weight is 314 g/mol. The van der Waals surface area contributed by atoms with Crippen molar-refractivity contribution in [2.45, 2.75) is 6.23 Å². The first-order valence-electron chi connectivity index (χ1n) is 7.09. The maximum Gasteiger partial charge on any atom is 0.133 e. The number of rotatable bonds is 5. The van der Waals surface area contributed by atoms with Crippen molar-refractivity contribution >= 4 is 11.8 Å². The van der Waals surface area contributed by atoms with Crippen molar-refractivity contribution in [3.63, 3.8) is 0 Å². The predicted molar refractivity (Wildman–Crippen MR) is 89.0 cm³/mol. The van der Waals surface area contributed by atoms with Gasteiger partial charge in [-0.3, -0.25) is 4.90 Å². The van der Waals surface area contributed by atoms with Crippen LogP contribution in [0.2, 0.25) is 0 Å². The van der Waals surface area contributed by atoms with Crippen molar-refractivity contribution in [1.82, 2.24) is 4.90 Å². The summed E-state index contributed by atoms with van der Waals surface area (Å²) < 4.78 is 14.2. The van der Waals surface area contributed by atoms with E-state index in [2.05, 4.69) is 0 Å². The van der Waals surface area contributed by atoms with Crippen LogP contribution in [-0.4, -0.2) is 34.9 Å². The fourth-order valence-corrected chi connectivity index (χ4v) is 2.17. The van der Waals surface area contributed by atoms with Gasteiger partial charge in [0.1, 0.15) is 17.8 Å². The van der Waals surface area contributed by atoms with Crippen LogP contribution in [0.3, 0.4) is 0 Å². The number of phenolic OH excluding ortho intramolecular Hbond substituents is 1. The SMILES string of the molecule is CN(C)C(O)c1cccc(F)c1C(=N)/C=C/c1ccc(O)cc1. The topological polar surface area (TPSA) is 67.5 Å². The molecule has 0 aliphatic rings. The summed E-state index contributed by atoms with van der Waals surface area (Å²) in [5.41, 5.74) is 1.16. The van der Waals surface area contributed by atoms with E-state index in [0.717, 1.165) is 5.56 Å². The molecule has 4 nitrogen and oxygen atoms in total. The highest BCUT2D eigenvalue weighted by atomic mass is 19.1. The molecule has 5 heteroatoms. The van der Waals surface area contributed by atoms with E-state index in [9.17, 15) is 14.6 Å². The largest absolute Gasteiger partial charge is 0.508 e. The lowest BCUT2D eigenvalue weighted by Gasteiger charge is -2.21. The van der Waals surface area contributed by atoms with Gasteiger partial charge in [0.2, 0.25) is 0 Å². The Labute approximate surface area is 134 Å². The molecule has 1 unspecified atom stereocenters.